The molecule has 1 aliphatic rings. The molecular formula is C28H35N2O4. The van der Waals surface area contributed by atoms with E-state index in [1.807, 2.05) is 13.0 Å². The Morgan fingerprint density at radius 1 is 0.971 bits per heavy atom. The van der Waals surface area contributed by atoms with Crippen LogP contribution >= 0.6 is 0 Å². The van der Waals surface area contributed by atoms with Crippen LogP contribution in [0.2, 0.25) is 0 Å². The van der Waals surface area contributed by atoms with Gasteiger partial charge >= 0.3 is 0 Å². The van der Waals surface area contributed by atoms with Crippen LogP contribution in [0.1, 0.15) is 99.6 Å². The van der Waals surface area contributed by atoms with E-state index in [4.69, 9.17) is 4.74 Å². The molecule has 3 rings (SSSR count). The molecule has 0 fully saturated rings. The van der Waals surface area contributed by atoms with Crippen molar-refractivity contribution in [2.75, 3.05) is 5.32 Å². The number of rotatable bonds is 9. The summed E-state index contributed by atoms with van der Waals surface area (Å²) in [6.45, 7) is 15.0. The third-order valence-corrected chi connectivity index (χ3v) is 7.16. The zero-order valence-corrected chi connectivity index (χ0v) is 21.2. The van der Waals surface area contributed by atoms with E-state index in [0.717, 1.165) is 18.4 Å². The number of carbonyl (C=O) groups is 3. The maximum Gasteiger partial charge on any atom is 0.283 e. The maximum absolute atomic E-state index is 13.2. The summed E-state index contributed by atoms with van der Waals surface area (Å²) in [6.07, 6.45) is 1.59. The van der Waals surface area contributed by atoms with E-state index in [0.29, 0.717) is 12.2 Å². The Morgan fingerprint density at radius 3 is 2.26 bits per heavy atom. The molecule has 2 aromatic rings. The standard InChI is InChI=1S/C28H35N2O4/c1-8-21(25(32)29-20-13-11-12-18-23(20)26(33)30-24(18)31)34-22-15-14-17(27(4,5)9-2)16-19(22)28(6,7)10-3/h11-16,21H,8-10H2,1-7H3,(H,29,32). The van der Waals surface area contributed by atoms with Gasteiger partial charge in [0.25, 0.3) is 17.7 Å². The first-order valence-corrected chi connectivity index (χ1v) is 12.0. The molecule has 0 aliphatic carbocycles. The molecular weight excluding hydrogens is 428 g/mol. The van der Waals surface area contributed by atoms with Crippen molar-refractivity contribution in [1.29, 1.82) is 0 Å². The number of carbonyl (C=O) groups excluding carboxylic acids is 3. The largest absolute Gasteiger partial charge is 0.480 e. The molecule has 1 atom stereocenters. The van der Waals surface area contributed by atoms with Crippen LogP contribution in [-0.4, -0.2) is 23.8 Å². The van der Waals surface area contributed by atoms with Crippen LogP contribution in [0, 0.1) is 0 Å². The number of benzene rings is 2. The Bertz CT molecular complexity index is 1120. The van der Waals surface area contributed by atoms with Crippen molar-refractivity contribution >= 4 is 23.4 Å². The van der Waals surface area contributed by atoms with Gasteiger partial charge in [-0.3, -0.25) is 14.4 Å². The highest BCUT2D eigenvalue weighted by molar-refractivity contribution is 6.24. The lowest BCUT2D eigenvalue weighted by Crippen LogP contribution is -2.34. The van der Waals surface area contributed by atoms with Gasteiger partial charge in [-0.05, 0) is 53.9 Å². The molecule has 1 heterocycles. The minimum absolute atomic E-state index is 0.0291. The second-order valence-electron chi connectivity index (χ2n) is 10.1. The molecule has 0 bridgehead atoms. The molecule has 6 heteroatoms. The van der Waals surface area contributed by atoms with Crippen molar-refractivity contribution in [3.8, 4) is 5.75 Å². The smallest absolute Gasteiger partial charge is 0.283 e. The van der Waals surface area contributed by atoms with Crippen molar-refractivity contribution in [2.45, 2.75) is 84.7 Å². The van der Waals surface area contributed by atoms with Gasteiger partial charge in [-0.25, -0.2) is 0 Å². The molecule has 6 nitrogen and oxygen atoms in total. The predicted octanol–water partition coefficient (Wildman–Crippen LogP) is 5.76. The van der Waals surface area contributed by atoms with E-state index in [9.17, 15) is 14.4 Å². The van der Waals surface area contributed by atoms with Crippen LogP contribution in [0.3, 0.4) is 0 Å². The highest BCUT2D eigenvalue weighted by atomic mass is 16.5. The van der Waals surface area contributed by atoms with E-state index in [2.05, 4.69) is 64.3 Å². The minimum Gasteiger partial charge on any atom is -0.480 e. The summed E-state index contributed by atoms with van der Waals surface area (Å²) in [5.74, 6) is -0.905. The highest BCUT2D eigenvalue weighted by Gasteiger charge is 2.33. The summed E-state index contributed by atoms with van der Waals surface area (Å²) in [4.78, 5) is 37.2. The van der Waals surface area contributed by atoms with Crippen molar-refractivity contribution in [1.82, 2.24) is 5.32 Å². The molecule has 1 aliphatic heterocycles. The molecule has 181 valence electrons. The highest BCUT2D eigenvalue weighted by Crippen LogP contribution is 2.39. The van der Waals surface area contributed by atoms with E-state index in [1.165, 1.54) is 11.6 Å². The van der Waals surface area contributed by atoms with E-state index in [1.54, 1.807) is 12.1 Å². The molecule has 1 unspecified atom stereocenters. The Labute approximate surface area is 202 Å². The first-order valence-electron chi connectivity index (χ1n) is 12.0. The molecule has 34 heavy (non-hydrogen) atoms. The van der Waals surface area contributed by atoms with Crippen molar-refractivity contribution < 1.29 is 19.1 Å². The summed E-state index contributed by atoms with van der Waals surface area (Å²) in [5.41, 5.74) is 2.81. The molecule has 2 aromatic carbocycles. The van der Waals surface area contributed by atoms with Gasteiger partial charge in [0.05, 0.1) is 16.8 Å². The number of hydrogen-bond donors (Lipinski definition) is 1. The number of anilines is 1. The first kappa shape index (κ1) is 25.5. The number of ether oxygens (including phenoxy) is 1. The monoisotopic (exact) mass is 463 g/mol. The van der Waals surface area contributed by atoms with E-state index >= 15 is 0 Å². The van der Waals surface area contributed by atoms with Gasteiger partial charge < -0.3 is 10.1 Å². The molecule has 3 amide bonds. The number of nitrogens with zero attached hydrogens (tertiary/aromatic N) is 1. The second-order valence-corrected chi connectivity index (χ2v) is 10.1. The van der Waals surface area contributed by atoms with Crippen LogP contribution in [0.25, 0.3) is 0 Å². The van der Waals surface area contributed by atoms with Gasteiger partial charge in [0.1, 0.15) is 5.75 Å². The van der Waals surface area contributed by atoms with Crippen LogP contribution in [0.4, 0.5) is 5.69 Å². The Hall–Kier alpha value is -3.15. The molecule has 1 N–H and O–H groups in total. The Kier molecular flexibility index (Phi) is 7.20. The fourth-order valence-electron chi connectivity index (χ4n) is 3.94. The zero-order valence-electron chi connectivity index (χ0n) is 21.2. The lowest BCUT2D eigenvalue weighted by atomic mass is 9.76. The number of fused-ring (bicyclic) bond motifs is 1. The van der Waals surface area contributed by atoms with Gasteiger partial charge in [0, 0.05) is 5.56 Å². The summed E-state index contributed by atoms with van der Waals surface area (Å²) >= 11 is 0. The molecule has 0 spiro atoms. The maximum atomic E-state index is 13.2. The van der Waals surface area contributed by atoms with Crippen molar-refractivity contribution in [3.05, 3.63) is 58.7 Å². The van der Waals surface area contributed by atoms with Gasteiger partial charge in [-0.1, -0.05) is 66.7 Å². The van der Waals surface area contributed by atoms with Gasteiger partial charge in [0.15, 0.2) is 6.10 Å². The van der Waals surface area contributed by atoms with Crippen LogP contribution in [-0.2, 0) is 15.6 Å². The quantitative estimate of drug-likeness (QED) is 0.479. The van der Waals surface area contributed by atoms with Crippen molar-refractivity contribution in [2.24, 2.45) is 0 Å². The summed E-state index contributed by atoms with van der Waals surface area (Å²) < 4.78 is 6.30. The molecule has 0 aromatic heterocycles. The van der Waals surface area contributed by atoms with Gasteiger partial charge in [0.2, 0.25) is 0 Å². The fraction of sp³-hybridized carbons (Fsp3) is 0.464. The predicted molar refractivity (Wildman–Crippen MR) is 134 cm³/mol. The van der Waals surface area contributed by atoms with Crippen LogP contribution in [0.5, 0.6) is 5.75 Å². The number of nitrogens with one attached hydrogen (secondary N) is 1. The van der Waals surface area contributed by atoms with Crippen LogP contribution < -0.4 is 15.4 Å². The van der Waals surface area contributed by atoms with E-state index < -0.39 is 17.9 Å². The average molecular weight is 464 g/mol. The minimum atomic E-state index is -0.767. The lowest BCUT2D eigenvalue weighted by Gasteiger charge is -2.31. The Balaban J connectivity index is 1.92. The molecule has 0 saturated carbocycles. The SMILES string of the molecule is CCC(Oc1ccc(C(C)(C)CC)cc1C(C)(C)CC)C(=O)Nc1cccc2c1C(=O)[N]C2=O. The fourth-order valence-corrected chi connectivity index (χ4v) is 3.94. The Morgan fingerprint density at radius 2 is 1.65 bits per heavy atom. The molecule has 1 radical (unpaired) electrons. The average Bonchev–Trinajstić information content (AvgIpc) is 3.11. The van der Waals surface area contributed by atoms with Gasteiger partial charge in [-0.2, -0.15) is 5.32 Å². The summed E-state index contributed by atoms with van der Waals surface area (Å²) in [5, 5.41) is 6.26. The first-order chi connectivity index (χ1) is 15.9. The third-order valence-electron chi connectivity index (χ3n) is 7.16. The van der Waals surface area contributed by atoms with Crippen molar-refractivity contribution in [3.63, 3.8) is 0 Å². The third kappa shape index (κ3) is 4.86. The number of amides is 3. The van der Waals surface area contributed by atoms with Gasteiger partial charge in [-0.15, -0.1) is 0 Å². The summed E-state index contributed by atoms with van der Waals surface area (Å²) in [7, 11) is 0. The molecule has 0 saturated heterocycles. The second kappa shape index (κ2) is 9.61. The summed E-state index contributed by atoms with van der Waals surface area (Å²) in [6, 6.07) is 11.0. The zero-order chi connectivity index (χ0) is 25.3. The van der Waals surface area contributed by atoms with Crippen LogP contribution in [0.15, 0.2) is 36.4 Å². The van der Waals surface area contributed by atoms with E-state index in [-0.39, 0.29) is 33.6 Å². The number of hydrogen-bond acceptors (Lipinski definition) is 4. The normalized spacial score (nSPS) is 14.4. The topological polar surface area (TPSA) is 86.6 Å². The lowest BCUT2D eigenvalue weighted by molar-refractivity contribution is -0.122. The number of imide groups is 1.